The summed E-state index contributed by atoms with van der Waals surface area (Å²) >= 11 is 0. The Morgan fingerprint density at radius 1 is 1.27 bits per heavy atom. The molecular formula is C19H27N3O4. The zero-order chi connectivity index (χ0) is 18.4. The van der Waals surface area contributed by atoms with Gasteiger partial charge in [-0.25, -0.2) is 0 Å². The number of nitrogens with one attached hydrogen (secondary N) is 1. The molecule has 2 saturated heterocycles. The van der Waals surface area contributed by atoms with Crippen LogP contribution in [-0.2, 0) is 20.9 Å². The van der Waals surface area contributed by atoms with E-state index in [0.717, 1.165) is 11.3 Å². The number of piperazine rings is 1. The van der Waals surface area contributed by atoms with Crippen molar-refractivity contribution in [3.05, 3.63) is 29.8 Å². The number of para-hydroxylation sites is 1. The van der Waals surface area contributed by atoms with Crippen LogP contribution in [0.5, 0.6) is 5.75 Å². The molecule has 7 heteroatoms. The highest BCUT2D eigenvalue weighted by atomic mass is 16.5. The van der Waals surface area contributed by atoms with Gasteiger partial charge in [0.05, 0.1) is 32.3 Å². The minimum absolute atomic E-state index is 0.0124. The van der Waals surface area contributed by atoms with Gasteiger partial charge in [-0.2, -0.15) is 0 Å². The van der Waals surface area contributed by atoms with E-state index in [1.54, 1.807) is 4.90 Å². The Morgan fingerprint density at radius 3 is 2.81 bits per heavy atom. The van der Waals surface area contributed by atoms with Crippen LogP contribution >= 0.6 is 0 Å². The summed E-state index contributed by atoms with van der Waals surface area (Å²) in [5, 5.41) is 2.89. The highest BCUT2D eigenvalue weighted by Gasteiger charge is 2.33. The Bertz CT molecular complexity index is 631. The first-order chi connectivity index (χ1) is 12.7. The summed E-state index contributed by atoms with van der Waals surface area (Å²) < 4.78 is 11.0. The SMILES string of the molecule is CCOc1ccccc1CN1CCNC(=O)C1CC(=O)N1CCOCC1. The second-order valence-corrected chi connectivity index (χ2v) is 6.52. The second kappa shape index (κ2) is 9.00. The molecule has 0 bridgehead atoms. The Morgan fingerprint density at radius 2 is 2.04 bits per heavy atom. The van der Waals surface area contributed by atoms with Crippen LogP contribution in [0, 0.1) is 0 Å². The lowest BCUT2D eigenvalue weighted by Crippen LogP contribution is -2.56. The van der Waals surface area contributed by atoms with Crippen LogP contribution in [0.25, 0.3) is 0 Å². The van der Waals surface area contributed by atoms with Gasteiger partial charge in [-0.3, -0.25) is 14.5 Å². The van der Waals surface area contributed by atoms with Gasteiger partial charge in [-0.15, -0.1) is 0 Å². The summed E-state index contributed by atoms with van der Waals surface area (Å²) in [5.74, 6) is 0.768. The lowest BCUT2D eigenvalue weighted by molar-refractivity contribution is -0.141. The third-order valence-electron chi connectivity index (χ3n) is 4.82. The average Bonchev–Trinajstić information content (AvgIpc) is 2.67. The fourth-order valence-electron chi connectivity index (χ4n) is 3.43. The summed E-state index contributed by atoms with van der Waals surface area (Å²) in [4.78, 5) is 28.9. The topological polar surface area (TPSA) is 71.1 Å². The molecule has 0 saturated carbocycles. The van der Waals surface area contributed by atoms with Crippen molar-refractivity contribution in [1.82, 2.24) is 15.1 Å². The number of amides is 2. The van der Waals surface area contributed by atoms with E-state index in [9.17, 15) is 9.59 Å². The molecule has 1 aromatic rings. The first-order valence-corrected chi connectivity index (χ1v) is 9.27. The third kappa shape index (κ3) is 4.53. The molecule has 142 valence electrons. The molecule has 0 spiro atoms. The van der Waals surface area contributed by atoms with Crippen LogP contribution in [-0.4, -0.2) is 73.7 Å². The predicted molar refractivity (Wildman–Crippen MR) is 96.8 cm³/mol. The van der Waals surface area contributed by atoms with Crippen LogP contribution in [0.3, 0.4) is 0 Å². The molecular weight excluding hydrogens is 334 g/mol. The third-order valence-corrected chi connectivity index (χ3v) is 4.82. The van der Waals surface area contributed by atoms with Gasteiger partial charge in [0.1, 0.15) is 5.75 Å². The molecule has 0 aliphatic carbocycles. The number of rotatable bonds is 6. The zero-order valence-corrected chi connectivity index (χ0v) is 15.3. The Kier molecular flexibility index (Phi) is 6.46. The van der Waals surface area contributed by atoms with Crippen molar-refractivity contribution in [3.63, 3.8) is 0 Å². The van der Waals surface area contributed by atoms with E-state index in [0.29, 0.717) is 52.5 Å². The normalized spacial score (nSPS) is 21.3. The van der Waals surface area contributed by atoms with Crippen molar-refractivity contribution in [2.24, 2.45) is 0 Å². The molecule has 1 unspecified atom stereocenters. The molecule has 2 aliphatic rings. The van der Waals surface area contributed by atoms with Gasteiger partial charge in [0.25, 0.3) is 0 Å². The van der Waals surface area contributed by atoms with Gasteiger partial charge in [-0.1, -0.05) is 18.2 Å². The molecule has 1 N–H and O–H groups in total. The maximum Gasteiger partial charge on any atom is 0.237 e. The summed E-state index contributed by atoms with van der Waals surface area (Å²) in [6, 6.07) is 7.41. The molecule has 0 aromatic heterocycles. The van der Waals surface area contributed by atoms with Gasteiger partial charge < -0.3 is 19.7 Å². The average molecular weight is 361 g/mol. The van der Waals surface area contributed by atoms with Crippen LogP contribution in [0.4, 0.5) is 0 Å². The monoisotopic (exact) mass is 361 g/mol. The lowest BCUT2D eigenvalue weighted by atomic mass is 10.1. The molecule has 7 nitrogen and oxygen atoms in total. The fourth-order valence-corrected chi connectivity index (χ4v) is 3.43. The molecule has 3 rings (SSSR count). The molecule has 2 aliphatic heterocycles. The summed E-state index contributed by atoms with van der Waals surface area (Å²) in [7, 11) is 0. The van der Waals surface area contributed by atoms with Gasteiger partial charge in [0.2, 0.25) is 11.8 Å². The zero-order valence-electron chi connectivity index (χ0n) is 15.3. The Labute approximate surface area is 154 Å². The molecule has 1 atom stereocenters. The quantitative estimate of drug-likeness (QED) is 0.805. The lowest BCUT2D eigenvalue weighted by Gasteiger charge is -2.36. The van der Waals surface area contributed by atoms with E-state index >= 15 is 0 Å². The number of benzene rings is 1. The first-order valence-electron chi connectivity index (χ1n) is 9.27. The van der Waals surface area contributed by atoms with Crippen molar-refractivity contribution < 1.29 is 19.1 Å². The molecule has 1 aromatic carbocycles. The molecule has 2 heterocycles. The maximum atomic E-state index is 12.6. The van der Waals surface area contributed by atoms with Crippen molar-refractivity contribution in [2.45, 2.75) is 25.9 Å². The molecule has 2 amide bonds. The number of ether oxygens (including phenoxy) is 2. The van der Waals surface area contributed by atoms with E-state index in [-0.39, 0.29) is 18.2 Å². The second-order valence-electron chi connectivity index (χ2n) is 6.52. The van der Waals surface area contributed by atoms with E-state index in [2.05, 4.69) is 10.2 Å². The van der Waals surface area contributed by atoms with Crippen molar-refractivity contribution in [1.29, 1.82) is 0 Å². The van der Waals surface area contributed by atoms with Crippen molar-refractivity contribution >= 4 is 11.8 Å². The highest BCUT2D eigenvalue weighted by Crippen LogP contribution is 2.22. The van der Waals surface area contributed by atoms with E-state index in [1.807, 2.05) is 31.2 Å². The number of carbonyl (C=O) groups is 2. The van der Waals surface area contributed by atoms with Gasteiger partial charge in [0.15, 0.2) is 0 Å². The van der Waals surface area contributed by atoms with E-state index < -0.39 is 6.04 Å². The van der Waals surface area contributed by atoms with Crippen LogP contribution in [0.2, 0.25) is 0 Å². The molecule has 2 fully saturated rings. The van der Waals surface area contributed by atoms with Crippen molar-refractivity contribution in [2.75, 3.05) is 46.0 Å². The maximum absolute atomic E-state index is 12.6. The van der Waals surface area contributed by atoms with E-state index in [1.165, 1.54) is 0 Å². The minimum atomic E-state index is -0.450. The molecule has 0 radical (unpaired) electrons. The predicted octanol–water partition coefficient (Wildman–Crippen LogP) is 0.635. The Balaban J connectivity index is 1.70. The van der Waals surface area contributed by atoms with Crippen LogP contribution in [0.1, 0.15) is 18.9 Å². The van der Waals surface area contributed by atoms with Gasteiger partial charge >= 0.3 is 0 Å². The highest BCUT2D eigenvalue weighted by molar-refractivity contribution is 5.88. The molecule has 26 heavy (non-hydrogen) atoms. The first kappa shape index (κ1) is 18.7. The van der Waals surface area contributed by atoms with Crippen LogP contribution < -0.4 is 10.1 Å². The van der Waals surface area contributed by atoms with Gasteiger partial charge in [-0.05, 0) is 13.0 Å². The van der Waals surface area contributed by atoms with Crippen molar-refractivity contribution in [3.8, 4) is 5.75 Å². The van der Waals surface area contributed by atoms with Gasteiger partial charge in [0, 0.05) is 38.3 Å². The summed E-state index contributed by atoms with van der Waals surface area (Å²) in [6.07, 6.45) is 0.197. The van der Waals surface area contributed by atoms with E-state index in [4.69, 9.17) is 9.47 Å². The largest absolute Gasteiger partial charge is 0.494 e. The smallest absolute Gasteiger partial charge is 0.237 e. The number of nitrogens with zero attached hydrogens (tertiary/aromatic N) is 2. The Hall–Kier alpha value is -2.12. The van der Waals surface area contributed by atoms with Crippen LogP contribution in [0.15, 0.2) is 24.3 Å². The number of morpholine rings is 1. The summed E-state index contributed by atoms with van der Waals surface area (Å²) in [5.41, 5.74) is 1.04. The minimum Gasteiger partial charge on any atom is -0.494 e. The number of carbonyl (C=O) groups excluding carboxylic acids is 2. The number of hydrogen-bond donors (Lipinski definition) is 1. The fraction of sp³-hybridized carbons (Fsp3) is 0.579. The number of hydrogen-bond acceptors (Lipinski definition) is 5. The standard InChI is InChI=1S/C19H27N3O4/c1-2-26-17-6-4-3-5-15(17)14-22-8-7-20-19(24)16(22)13-18(23)21-9-11-25-12-10-21/h3-6,16H,2,7-14H2,1H3,(H,20,24). The summed E-state index contributed by atoms with van der Waals surface area (Å²) in [6.45, 7) is 6.77.